The summed E-state index contributed by atoms with van der Waals surface area (Å²) in [5, 5.41) is 12.1. The van der Waals surface area contributed by atoms with Crippen LogP contribution >= 0.6 is 11.8 Å². The number of carbonyl (C=O) groups is 1. The van der Waals surface area contributed by atoms with Crippen molar-refractivity contribution in [2.75, 3.05) is 5.75 Å². The van der Waals surface area contributed by atoms with Crippen molar-refractivity contribution in [3.63, 3.8) is 0 Å². The molecule has 0 aliphatic heterocycles. The van der Waals surface area contributed by atoms with Gasteiger partial charge in [0.1, 0.15) is 6.20 Å². The number of nitrogens with zero attached hydrogens (tertiary/aromatic N) is 4. The van der Waals surface area contributed by atoms with E-state index < -0.39 is 0 Å². The first-order valence-corrected chi connectivity index (χ1v) is 6.74. The summed E-state index contributed by atoms with van der Waals surface area (Å²) in [6.07, 6.45) is 1.14. The SMILES string of the molecule is O=C(CSc1nnc2[nH]c(=O)cnn12)c1ccccc1. The van der Waals surface area contributed by atoms with Crippen molar-refractivity contribution < 1.29 is 4.79 Å². The third-order valence-corrected chi connectivity index (χ3v) is 3.48. The molecule has 2 aromatic heterocycles. The van der Waals surface area contributed by atoms with Crippen molar-refractivity contribution in [2.45, 2.75) is 5.16 Å². The van der Waals surface area contributed by atoms with Crippen molar-refractivity contribution in [1.29, 1.82) is 0 Å². The molecule has 0 unspecified atom stereocenters. The molecule has 0 saturated heterocycles. The highest BCUT2D eigenvalue weighted by Gasteiger charge is 2.11. The van der Waals surface area contributed by atoms with Gasteiger partial charge in [-0.05, 0) is 0 Å². The second-order valence-corrected chi connectivity index (χ2v) is 4.87. The van der Waals surface area contributed by atoms with Crippen LogP contribution in [0, 0.1) is 0 Å². The molecule has 100 valence electrons. The van der Waals surface area contributed by atoms with E-state index in [0.29, 0.717) is 10.7 Å². The number of aromatic nitrogens is 5. The van der Waals surface area contributed by atoms with Gasteiger partial charge in [-0.3, -0.25) is 14.6 Å². The maximum absolute atomic E-state index is 12.0. The second-order valence-electron chi connectivity index (χ2n) is 3.93. The van der Waals surface area contributed by atoms with E-state index in [-0.39, 0.29) is 22.9 Å². The summed E-state index contributed by atoms with van der Waals surface area (Å²) in [5.41, 5.74) is 0.303. The lowest BCUT2D eigenvalue weighted by Gasteiger charge is -1.99. The Morgan fingerprint density at radius 2 is 2.05 bits per heavy atom. The third-order valence-electron chi connectivity index (χ3n) is 2.57. The van der Waals surface area contributed by atoms with Crippen LogP contribution in [0.1, 0.15) is 10.4 Å². The van der Waals surface area contributed by atoms with Crippen LogP contribution in [0.3, 0.4) is 0 Å². The molecular formula is C12H9N5O2S. The molecular weight excluding hydrogens is 278 g/mol. The van der Waals surface area contributed by atoms with Gasteiger partial charge in [0.25, 0.3) is 11.3 Å². The number of fused-ring (bicyclic) bond motifs is 1. The smallest absolute Gasteiger partial charge is 0.271 e. The summed E-state index contributed by atoms with van der Waals surface area (Å²) in [4.78, 5) is 25.6. The predicted molar refractivity (Wildman–Crippen MR) is 72.9 cm³/mol. The van der Waals surface area contributed by atoms with E-state index in [0.717, 1.165) is 6.20 Å². The fourth-order valence-corrected chi connectivity index (χ4v) is 2.41. The van der Waals surface area contributed by atoms with Gasteiger partial charge in [0.05, 0.1) is 5.75 Å². The lowest BCUT2D eigenvalue weighted by atomic mass is 10.2. The fraction of sp³-hybridized carbons (Fsp3) is 0.0833. The molecule has 8 heteroatoms. The van der Waals surface area contributed by atoms with Crippen molar-refractivity contribution in [3.05, 3.63) is 52.4 Å². The normalized spacial score (nSPS) is 10.8. The minimum absolute atomic E-state index is 0.00299. The van der Waals surface area contributed by atoms with Crippen LogP contribution in [0.15, 0.2) is 46.5 Å². The Hall–Kier alpha value is -2.48. The summed E-state index contributed by atoms with van der Waals surface area (Å²) >= 11 is 1.22. The van der Waals surface area contributed by atoms with Gasteiger partial charge >= 0.3 is 0 Å². The molecule has 7 nitrogen and oxygen atoms in total. The molecule has 0 atom stereocenters. The average molecular weight is 287 g/mol. The maximum atomic E-state index is 12.0. The molecule has 20 heavy (non-hydrogen) atoms. The topological polar surface area (TPSA) is 93.0 Å². The molecule has 0 fully saturated rings. The largest absolute Gasteiger partial charge is 0.293 e. The van der Waals surface area contributed by atoms with Gasteiger partial charge in [0.15, 0.2) is 5.78 Å². The van der Waals surface area contributed by atoms with E-state index in [1.54, 1.807) is 12.1 Å². The minimum atomic E-state index is -0.346. The molecule has 0 radical (unpaired) electrons. The average Bonchev–Trinajstić information content (AvgIpc) is 2.88. The Balaban J connectivity index is 1.77. The molecule has 0 bridgehead atoms. The number of aromatic amines is 1. The molecule has 3 aromatic rings. The standard InChI is InChI=1S/C12H9N5O2S/c18-9(8-4-2-1-3-5-8)7-20-12-16-15-11-14-10(19)6-13-17(11)12/h1-6H,7H2,(H,14,15,19). The Labute approximate surface area is 117 Å². The number of hydrogen-bond acceptors (Lipinski definition) is 6. The molecule has 3 rings (SSSR count). The van der Waals surface area contributed by atoms with Gasteiger partial charge in [0.2, 0.25) is 5.16 Å². The van der Waals surface area contributed by atoms with Gasteiger partial charge in [-0.1, -0.05) is 42.1 Å². The van der Waals surface area contributed by atoms with Gasteiger partial charge in [-0.2, -0.15) is 9.61 Å². The zero-order chi connectivity index (χ0) is 13.9. The van der Waals surface area contributed by atoms with Crippen molar-refractivity contribution in [1.82, 2.24) is 24.8 Å². The van der Waals surface area contributed by atoms with E-state index in [9.17, 15) is 9.59 Å². The summed E-state index contributed by atoms with van der Waals surface area (Å²) in [6.45, 7) is 0. The van der Waals surface area contributed by atoms with Crippen molar-refractivity contribution in [3.8, 4) is 0 Å². The molecule has 0 aliphatic carbocycles. The lowest BCUT2D eigenvalue weighted by molar-refractivity contribution is 0.102. The summed E-state index contributed by atoms with van der Waals surface area (Å²) in [7, 11) is 0. The summed E-state index contributed by atoms with van der Waals surface area (Å²) in [5.74, 6) is 0.481. The van der Waals surface area contributed by atoms with Crippen LogP contribution in [0.25, 0.3) is 5.78 Å². The zero-order valence-electron chi connectivity index (χ0n) is 10.2. The number of rotatable bonds is 4. The van der Waals surface area contributed by atoms with Crippen molar-refractivity contribution in [2.24, 2.45) is 0 Å². The van der Waals surface area contributed by atoms with Gasteiger partial charge < -0.3 is 0 Å². The van der Waals surface area contributed by atoms with Crippen LogP contribution in [0.5, 0.6) is 0 Å². The Bertz CT molecular complexity index is 811. The zero-order valence-corrected chi connectivity index (χ0v) is 11.0. The number of nitrogens with one attached hydrogen (secondary N) is 1. The number of Topliss-reactive ketones (excluding diaryl/α,β-unsaturated/α-hetero) is 1. The monoisotopic (exact) mass is 287 g/mol. The van der Waals surface area contributed by atoms with Crippen LogP contribution in [0.4, 0.5) is 0 Å². The number of benzene rings is 1. The highest BCUT2D eigenvalue weighted by Crippen LogP contribution is 2.16. The van der Waals surface area contributed by atoms with Gasteiger partial charge in [-0.25, -0.2) is 0 Å². The van der Waals surface area contributed by atoms with E-state index in [1.807, 2.05) is 18.2 Å². The van der Waals surface area contributed by atoms with Crippen LogP contribution < -0.4 is 5.56 Å². The lowest BCUT2D eigenvalue weighted by Crippen LogP contribution is -2.10. The minimum Gasteiger partial charge on any atom is -0.293 e. The molecule has 1 N–H and O–H groups in total. The number of thioether (sulfide) groups is 1. The number of H-pyrrole nitrogens is 1. The van der Waals surface area contributed by atoms with E-state index in [4.69, 9.17) is 0 Å². The summed E-state index contributed by atoms with van der Waals surface area (Å²) in [6, 6.07) is 9.02. The quantitative estimate of drug-likeness (QED) is 0.563. The predicted octanol–water partition coefficient (Wildman–Crippen LogP) is 0.788. The first-order valence-electron chi connectivity index (χ1n) is 5.76. The molecule has 0 spiro atoms. The fourth-order valence-electron chi connectivity index (χ4n) is 1.63. The van der Waals surface area contributed by atoms with Gasteiger partial charge in [0, 0.05) is 5.56 Å². The Kier molecular flexibility index (Phi) is 3.30. The first-order chi connectivity index (χ1) is 9.74. The molecule has 2 heterocycles. The first kappa shape index (κ1) is 12.5. The number of hydrogen-bond donors (Lipinski definition) is 1. The second kappa shape index (κ2) is 5.25. The van der Waals surface area contributed by atoms with Gasteiger partial charge in [-0.15, -0.1) is 10.2 Å². The van der Waals surface area contributed by atoms with E-state index in [1.165, 1.54) is 16.3 Å². The highest BCUT2D eigenvalue weighted by molar-refractivity contribution is 7.99. The molecule has 0 aliphatic rings. The highest BCUT2D eigenvalue weighted by atomic mass is 32.2. The molecule has 1 aromatic carbocycles. The third kappa shape index (κ3) is 2.45. The van der Waals surface area contributed by atoms with Crippen LogP contribution in [-0.4, -0.2) is 36.3 Å². The van der Waals surface area contributed by atoms with Crippen LogP contribution in [0.2, 0.25) is 0 Å². The Morgan fingerprint density at radius 1 is 1.25 bits per heavy atom. The van der Waals surface area contributed by atoms with E-state index in [2.05, 4.69) is 20.3 Å². The Morgan fingerprint density at radius 3 is 2.85 bits per heavy atom. The van der Waals surface area contributed by atoms with Crippen molar-refractivity contribution >= 4 is 23.3 Å². The summed E-state index contributed by atoms with van der Waals surface area (Å²) < 4.78 is 1.39. The van der Waals surface area contributed by atoms with Crippen LogP contribution in [-0.2, 0) is 0 Å². The number of ketones is 1. The molecule has 0 saturated carbocycles. The maximum Gasteiger partial charge on any atom is 0.271 e. The van der Waals surface area contributed by atoms with E-state index >= 15 is 0 Å². The number of carbonyl (C=O) groups excluding carboxylic acids is 1. The molecule has 0 amide bonds.